The molecule has 117 heavy (non-hydrogen) atoms. The predicted molar refractivity (Wildman–Crippen MR) is 399 cm³/mol. The molecule has 40 nitrogen and oxygen atoms in total. The number of carbonyl (C=O) groups excluding carboxylic acids is 6. The number of fused-ring (bicyclic) bond motifs is 4. The third kappa shape index (κ3) is 19.9. The van der Waals surface area contributed by atoms with Crippen LogP contribution in [0.3, 0.4) is 0 Å². The normalized spacial score (nSPS) is 24.2. The average molecular weight is 1640 g/mol. The number of carboxylic acids is 2. The Balaban J connectivity index is 0.752. The number of aliphatic carboxylic acids is 2. The number of benzene rings is 4. The molecule has 0 saturated carbocycles. The molecule has 0 radical (unpaired) electrons. The van der Waals surface area contributed by atoms with Crippen molar-refractivity contribution in [1.29, 1.82) is 0 Å². The predicted octanol–water partition coefficient (Wildman–Crippen LogP) is 0.270. The maximum Gasteiger partial charge on any atom is 0.416 e. The summed E-state index contributed by atoms with van der Waals surface area (Å²) in [6.07, 6.45) is -20.8. The minimum Gasteiger partial charge on any atom is -0.493 e. The van der Waals surface area contributed by atoms with Crippen molar-refractivity contribution in [3.8, 4) is 34.5 Å². The lowest BCUT2D eigenvalue weighted by Gasteiger charge is -2.38. The Labute approximate surface area is 669 Å². The van der Waals surface area contributed by atoms with Crippen LogP contribution in [-0.4, -0.2) is 298 Å². The van der Waals surface area contributed by atoms with E-state index in [4.69, 9.17) is 61.6 Å². The summed E-state index contributed by atoms with van der Waals surface area (Å²) in [5, 5.41) is 117. The van der Waals surface area contributed by atoms with E-state index in [9.17, 15) is 89.4 Å². The maximum absolute atomic E-state index is 14.7. The molecule has 634 valence electrons. The van der Waals surface area contributed by atoms with Gasteiger partial charge in [0, 0.05) is 45.4 Å². The molecule has 7 heterocycles. The zero-order valence-electron chi connectivity index (χ0n) is 64.6. The second-order valence-corrected chi connectivity index (χ2v) is 28.5. The van der Waals surface area contributed by atoms with Gasteiger partial charge in [-0.05, 0) is 93.5 Å². The van der Waals surface area contributed by atoms with E-state index in [1.807, 2.05) is 30.9 Å². The van der Waals surface area contributed by atoms with Crippen molar-refractivity contribution < 1.29 is 156 Å². The van der Waals surface area contributed by atoms with Gasteiger partial charge in [0.25, 0.3) is 23.6 Å². The van der Waals surface area contributed by atoms with Crippen LogP contribution in [0.1, 0.15) is 105 Å². The van der Waals surface area contributed by atoms with Crippen molar-refractivity contribution in [2.24, 2.45) is 0 Å². The fourth-order valence-electron chi connectivity index (χ4n) is 13.9. The molecule has 1 aromatic heterocycles. The first-order chi connectivity index (χ1) is 56.0. The number of carboxylic acid groups (broad SMARTS) is 2. The first-order valence-electron chi connectivity index (χ1n) is 37.5. The summed E-state index contributed by atoms with van der Waals surface area (Å²) in [5.74, 6) is -6.39. The minimum atomic E-state index is -2.05. The first kappa shape index (κ1) is 87.0. The zero-order valence-corrected chi connectivity index (χ0v) is 64.6. The lowest BCUT2D eigenvalue weighted by molar-refractivity contribution is -0.756. The Morgan fingerprint density at radius 2 is 0.991 bits per heavy atom. The largest absolute Gasteiger partial charge is 0.493 e. The SMILES string of the molecule is C=C1C[C@H]2C(O)N(C(=O)OCc3ccc(O[C@@H]4O[C@H](C(=O)O)[C@@H](O)[C@H](O)[C@H]4O)c(C(=O)NCCOC)c3)c3cc(OCCCCCOc4cc5c(cc4OC)C(=O)N4CC(=C)C[C@H]4C(O)N5C(=O)OCc4ccc(O[C@@H]5O[C@H](C(=O)O)[C@@H](O)[C@H](O)[C@H]5O)c(C(=O)NCCOCCOCC[n+]5ccn(C(C)C)n5)c4)c(OC)cc3C(=O)N2C1. The summed E-state index contributed by atoms with van der Waals surface area (Å²) in [5.41, 5.74) is 0.598. The summed E-state index contributed by atoms with van der Waals surface area (Å²) in [7, 11) is 4.08. The van der Waals surface area contributed by atoms with Crippen LogP contribution in [0.2, 0.25) is 0 Å². The van der Waals surface area contributed by atoms with Gasteiger partial charge in [0.2, 0.25) is 12.6 Å². The van der Waals surface area contributed by atoms with Crippen molar-refractivity contribution >= 4 is 59.1 Å². The average Bonchev–Trinajstić information content (AvgIpc) is 1.61. The third-order valence-corrected chi connectivity index (χ3v) is 20.1. The molecular formula is C77H96N9O31+. The molecule has 4 saturated heterocycles. The Hall–Kier alpha value is -10.9. The van der Waals surface area contributed by atoms with Crippen LogP contribution in [-0.2, 0) is 62.5 Å². The highest BCUT2D eigenvalue weighted by Gasteiger charge is 2.52. The fourth-order valence-corrected chi connectivity index (χ4v) is 13.9. The number of rotatable bonds is 35. The number of hydrogen-bond acceptors (Lipinski definition) is 30. The second-order valence-electron chi connectivity index (χ2n) is 28.5. The number of anilines is 2. The summed E-state index contributed by atoms with van der Waals surface area (Å²) in [6.45, 7) is 12.3. The molecule has 11 rings (SSSR count). The molecule has 14 atom stereocenters. The topological polar surface area (TPSA) is 518 Å². The minimum absolute atomic E-state index is 0.000433. The number of ether oxygens (including phenoxy) is 13. The fraction of sp³-hybridized carbons (Fsp3) is 0.506. The van der Waals surface area contributed by atoms with E-state index >= 15 is 0 Å². The van der Waals surface area contributed by atoms with Gasteiger partial charge in [-0.1, -0.05) is 36.4 Å². The molecule has 4 aromatic carbocycles. The number of amides is 6. The molecule has 12 N–H and O–H groups in total. The molecule has 6 aliphatic heterocycles. The molecular weight excluding hydrogens is 1550 g/mol. The van der Waals surface area contributed by atoms with Gasteiger partial charge in [0.1, 0.15) is 73.9 Å². The van der Waals surface area contributed by atoms with Crippen LogP contribution in [0.5, 0.6) is 34.5 Å². The van der Waals surface area contributed by atoms with Crippen LogP contribution >= 0.6 is 0 Å². The quantitative estimate of drug-likeness (QED) is 0.0147. The van der Waals surface area contributed by atoms with Gasteiger partial charge >= 0.3 is 24.1 Å². The number of hydrogen-bond donors (Lipinski definition) is 12. The summed E-state index contributed by atoms with van der Waals surface area (Å²) in [6, 6.07) is 11.3. The van der Waals surface area contributed by atoms with Crippen molar-refractivity contribution in [3.63, 3.8) is 0 Å². The van der Waals surface area contributed by atoms with Crippen molar-refractivity contribution in [1.82, 2.24) is 30.3 Å². The number of methoxy groups -OCH3 is 3. The highest BCUT2D eigenvalue weighted by Crippen LogP contribution is 2.45. The number of carbonyl (C=O) groups is 8. The van der Waals surface area contributed by atoms with E-state index in [0.29, 0.717) is 43.6 Å². The van der Waals surface area contributed by atoms with Gasteiger partial charge in [0.15, 0.2) is 60.1 Å². The van der Waals surface area contributed by atoms with E-state index in [2.05, 4.69) is 29.0 Å². The molecule has 0 bridgehead atoms. The van der Waals surface area contributed by atoms with Crippen LogP contribution in [0.4, 0.5) is 21.0 Å². The molecule has 40 heteroatoms. The molecule has 5 aromatic rings. The van der Waals surface area contributed by atoms with Gasteiger partial charge in [-0.3, -0.25) is 19.2 Å². The molecule has 6 amide bonds. The standard InChI is InChI=1S/C77H95N9O31/c1-39(2)84-18-17-81(80-84)19-24-109-26-25-108-23-16-79-67(94)47-30-43(12-14-53(47)115-75-63(92)59(88)61(90)65(117-75)73(101)102)38-113-77(104)86-49-34-57(55(107-7)32-45(49)69(96)83-36-41(4)28-51(83)71(86)98)111-21-10-8-9-20-110-56-33-48-44(31-54(56)106-6)68(95)82-35-40(3)27-50(82)70(97)85(48)76(103)112-37-42-11-13-52(46(29-42)66(93)78-15-22-105-5)114-74-62(91)58(87)60(89)64(116-74)72(99)100/h11-14,17-18,29-34,39,50-51,58-65,70-71,74-75,87-92,97-98H,3-4,8-10,15-16,19-28,35-38H2,1-2,5-7H3,(H3-,78,79,93,94,99,100,101,102)/p+1/t50-,51-,58-,59-,60-,61-,62+,63+,64-,65-,70?,71?,74+,75+/m0/s1. The van der Waals surface area contributed by atoms with Gasteiger partial charge in [-0.15, -0.1) is 9.36 Å². The van der Waals surface area contributed by atoms with Gasteiger partial charge in [-0.25, -0.2) is 29.0 Å². The van der Waals surface area contributed by atoms with E-state index in [1.54, 1.807) is 4.68 Å². The third-order valence-electron chi connectivity index (χ3n) is 20.1. The summed E-state index contributed by atoms with van der Waals surface area (Å²) >= 11 is 0. The van der Waals surface area contributed by atoms with Crippen molar-refractivity contribution in [2.75, 3.05) is 104 Å². The van der Waals surface area contributed by atoms with Gasteiger partial charge in [0.05, 0.1) is 111 Å². The number of aliphatic hydroxyl groups is 8. The number of nitrogens with one attached hydrogen (secondary N) is 2. The van der Waals surface area contributed by atoms with E-state index < -0.39 is 147 Å². The van der Waals surface area contributed by atoms with Gasteiger partial charge < -0.3 is 133 Å². The van der Waals surface area contributed by atoms with E-state index in [-0.39, 0.29) is 164 Å². The molecule has 4 fully saturated rings. The summed E-state index contributed by atoms with van der Waals surface area (Å²) < 4.78 is 77.9. The van der Waals surface area contributed by atoms with Crippen LogP contribution < -0.4 is 53.5 Å². The van der Waals surface area contributed by atoms with Crippen LogP contribution in [0, 0.1) is 0 Å². The molecule has 6 aliphatic rings. The van der Waals surface area contributed by atoms with E-state index in [1.165, 1.54) is 91.8 Å². The number of aliphatic hydroxyl groups excluding tert-OH is 8. The Morgan fingerprint density at radius 1 is 0.547 bits per heavy atom. The van der Waals surface area contributed by atoms with E-state index in [0.717, 1.165) is 9.80 Å². The highest BCUT2D eigenvalue weighted by molar-refractivity contribution is 6.07. The Morgan fingerprint density at radius 3 is 1.41 bits per heavy atom. The van der Waals surface area contributed by atoms with Crippen molar-refractivity contribution in [3.05, 3.63) is 131 Å². The number of unbranched alkanes of at least 4 members (excludes halogenated alkanes) is 2. The smallest absolute Gasteiger partial charge is 0.416 e. The lowest BCUT2D eigenvalue weighted by Crippen LogP contribution is -2.61. The Kier molecular flexibility index (Phi) is 28.9. The van der Waals surface area contributed by atoms with Crippen molar-refractivity contribution in [2.45, 2.75) is 158 Å². The van der Waals surface area contributed by atoms with Crippen LogP contribution in [0.15, 0.2) is 97.4 Å². The second kappa shape index (κ2) is 38.9. The number of aromatic nitrogens is 3. The summed E-state index contributed by atoms with van der Waals surface area (Å²) in [4.78, 5) is 114. The maximum atomic E-state index is 14.7. The van der Waals surface area contributed by atoms with Gasteiger partial charge in [-0.2, -0.15) is 0 Å². The monoisotopic (exact) mass is 1640 g/mol. The van der Waals surface area contributed by atoms with Crippen LogP contribution in [0.25, 0.3) is 0 Å². The first-order valence-corrected chi connectivity index (χ1v) is 37.5. The molecule has 2 unspecified atom stereocenters. The number of nitrogens with zero attached hydrogens (tertiary/aromatic N) is 7. The highest BCUT2D eigenvalue weighted by atomic mass is 16.7. The Bertz CT molecular complexity index is 4470. The molecule has 0 spiro atoms. The lowest BCUT2D eigenvalue weighted by atomic mass is 9.99. The zero-order chi connectivity index (χ0) is 84.2. The molecule has 0 aliphatic carbocycles.